The quantitative estimate of drug-likeness (QED) is 0.849. The Morgan fingerprint density at radius 3 is 2.22 bits per heavy atom. The van der Waals surface area contributed by atoms with E-state index >= 15 is 0 Å². The van der Waals surface area contributed by atoms with Crippen molar-refractivity contribution >= 4 is 11.6 Å². The molecule has 0 bridgehead atoms. The van der Waals surface area contributed by atoms with Gasteiger partial charge in [-0.1, -0.05) is 37.1 Å². The van der Waals surface area contributed by atoms with Gasteiger partial charge in [0.15, 0.2) is 0 Å². The standard InChI is InChI=1S/C15H25ClN2/c1-5-6-11(2)18(4)15(12(3)17)13-7-9-14(16)10-8-13/h7-12,15H,5-6,17H2,1-4H3. The van der Waals surface area contributed by atoms with Crippen molar-refractivity contribution in [1.82, 2.24) is 4.90 Å². The Kier molecular flexibility index (Phi) is 6.13. The molecule has 0 aliphatic rings. The van der Waals surface area contributed by atoms with Gasteiger partial charge in [0.25, 0.3) is 0 Å². The number of hydrogen-bond donors (Lipinski definition) is 1. The van der Waals surface area contributed by atoms with Gasteiger partial charge in [-0.3, -0.25) is 4.90 Å². The first kappa shape index (κ1) is 15.5. The fourth-order valence-electron chi connectivity index (χ4n) is 2.47. The zero-order chi connectivity index (χ0) is 13.7. The Morgan fingerprint density at radius 1 is 1.22 bits per heavy atom. The Morgan fingerprint density at radius 2 is 1.78 bits per heavy atom. The number of nitrogens with two attached hydrogens (primary N) is 1. The molecule has 0 saturated heterocycles. The molecule has 1 aromatic rings. The van der Waals surface area contributed by atoms with Crippen molar-refractivity contribution in [3.8, 4) is 0 Å². The van der Waals surface area contributed by atoms with Gasteiger partial charge < -0.3 is 5.73 Å². The second-order valence-electron chi connectivity index (χ2n) is 5.16. The average Bonchev–Trinajstić information content (AvgIpc) is 2.31. The predicted octanol–water partition coefficient (Wildman–Crippen LogP) is 3.85. The first-order valence-corrected chi connectivity index (χ1v) is 7.08. The van der Waals surface area contributed by atoms with Crippen molar-refractivity contribution in [3.05, 3.63) is 34.9 Å². The first-order chi connectivity index (χ1) is 8.47. The number of halogens is 1. The first-order valence-electron chi connectivity index (χ1n) is 6.70. The van der Waals surface area contributed by atoms with Crippen molar-refractivity contribution in [2.24, 2.45) is 5.73 Å². The van der Waals surface area contributed by atoms with E-state index in [1.54, 1.807) is 0 Å². The van der Waals surface area contributed by atoms with Crippen molar-refractivity contribution in [1.29, 1.82) is 0 Å². The molecule has 0 spiro atoms. The SMILES string of the molecule is CCCC(C)N(C)C(c1ccc(Cl)cc1)C(C)N. The molecule has 0 saturated carbocycles. The van der Waals surface area contributed by atoms with Crippen molar-refractivity contribution < 1.29 is 0 Å². The third-order valence-electron chi connectivity index (χ3n) is 3.55. The van der Waals surface area contributed by atoms with Gasteiger partial charge in [-0.15, -0.1) is 0 Å². The summed E-state index contributed by atoms with van der Waals surface area (Å²) < 4.78 is 0. The molecule has 0 aromatic heterocycles. The van der Waals surface area contributed by atoms with Crippen LogP contribution in [0.15, 0.2) is 24.3 Å². The fourth-order valence-corrected chi connectivity index (χ4v) is 2.59. The van der Waals surface area contributed by atoms with Crippen molar-refractivity contribution in [2.45, 2.75) is 51.7 Å². The molecule has 0 radical (unpaired) electrons. The summed E-state index contributed by atoms with van der Waals surface area (Å²) in [6.45, 7) is 6.54. The molecular weight excluding hydrogens is 244 g/mol. The van der Waals surface area contributed by atoms with Gasteiger partial charge in [-0.05, 0) is 45.0 Å². The number of benzene rings is 1. The molecule has 0 fully saturated rings. The number of likely N-dealkylation sites (N-methyl/N-ethyl adjacent to an activating group) is 1. The van der Waals surface area contributed by atoms with Crippen LogP contribution in [0.2, 0.25) is 5.02 Å². The van der Waals surface area contributed by atoms with Crippen LogP contribution >= 0.6 is 11.6 Å². The molecule has 2 N–H and O–H groups in total. The molecule has 2 nitrogen and oxygen atoms in total. The Labute approximate surface area is 116 Å². The maximum atomic E-state index is 6.17. The zero-order valence-electron chi connectivity index (χ0n) is 11.9. The van der Waals surface area contributed by atoms with Crippen LogP contribution in [-0.4, -0.2) is 24.0 Å². The molecule has 3 atom stereocenters. The van der Waals surface area contributed by atoms with Crippen LogP contribution in [0.25, 0.3) is 0 Å². The summed E-state index contributed by atoms with van der Waals surface area (Å²) in [5, 5.41) is 0.770. The van der Waals surface area contributed by atoms with E-state index in [9.17, 15) is 0 Å². The van der Waals surface area contributed by atoms with E-state index in [4.69, 9.17) is 17.3 Å². The molecule has 0 aliphatic carbocycles. The van der Waals surface area contributed by atoms with Crippen LogP contribution in [0.4, 0.5) is 0 Å². The monoisotopic (exact) mass is 268 g/mol. The molecule has 0 heterocycles. The van der Waals surface area contributed by atoms with Crippen LogP contribution in [0.1, 0.15) is 45.2 Å². The average molecular weight is 269 g/mol. The molecule has 1 rings (SSSR count). The third kappa shape index (κ3) is 3.98. The molecule has 1 aromatic carbocycles. The van der Waals surface area contributed by atoms with Gasteiger partial charge >= 0.3 is 0 Å². The van der Waals surface area contributed by atoms with Crippen LogP contribution in [0.5, 0.6) is 0 Å². The van der Waals surface area contributed by atoms with E-state index in [1.165, 1.54) is 18.4 Å². The van der Waals surface area contributed by atoms with Crippen LogP contribution < -0.4 is 5.73 Å². The topological polar surface area (TPSA) is 29.3 Å². The summed E-state index contributed by atoms with van der Waals surface area (Å²) in [6, 6.07) is 8.88. The Hall–Kier alpha value is -0.570. The lowest BCUT2D eigenvalue weighted by Gasteiger charge is -2.36. The summed E-state index contributed by atoms with van der Waals surface area (Å²) >= 11 is 5.94. The highest BCUT2D eigenvalue weighted by molar-refractivity contribution is 6.30. The number of rotatable bonds is 6. The third-order valence-corrected chi connectivity index (χ3v) is 3.80. The van der Waals surface area contributed by atoms with Gasteiger partial charge in [0, 0.05) is 23.1 Å². The van der Waals surface area contributed by atoms with Gasteiger partial charge in [0.05, 0.1) is 0 Å². The minimum absolute atomic E-state index is 0.0930. The maximum Gasteiger partial charge on any atom is 0.0496 e. The lowest BCUT2D eigenvalue weighted by Crippen LogP contribution is -2.41. The molecule has 102 valence electrons. The highest BCUT2D eigenvalue weighted by atomic mass is 35.5. The minimum atomic E-state index is 0.0930. The van der Waals surface area contributed by atoms with Gasteiger partial charge in [-0.25, -0.2) is 0 Å². The summed E-state index contributed by atoms with van der Waals surface area (Å²) in [4.78, 5) is 2.37. The van der Waals surface area contributed by atoms with Gasteiger partial charge in [0.2, 0.25) is 0 Å². The normalized spacial score (nSPS) is 16.6. The molecule has 3 unspecified atom stereocenters. The Balaban J connectivity index is 2.92. The van der Waals surface area contributed by atoms with Gasteiger partial charge in [0.1, 0.15) is 0 Å². The molecular formula is C15H25ClN2. The summed E-state index contributed by atoms with van der Waals surface area (Å²) in [7, 11) is 2.16. The number of nitrogens with zero attached hydrogens (tertiary/aromatic N) is 1. The predicted molar refractivity (Wildman–Crippen MR) is 80.0 cm³/mol. The van der Waals surface area contributed by atoms with E-state index in [1.807, 2.05) is 12.1 Å². The van der Waals surface area contributed by atoms with E-state index in [2.05, 4.69) is 44.9 Å². The maximum absolute atomic E-state index is 6.17. The molecule has 3 heteroatoms. The summed E-state index contributed by atoms with van der Waals surface area (Å²) in [5.74, 6) is 0. The lowest BCUT2D eigenvalue weighted by atomic mass is 9.97. The smallest absolute Gasteiger partial charge is 0.0496 e. The van der Waals surface area contributed by atoms with E-state index in [0.29, 0.717) is 6.04 Å². The van der Waals surface area contributed by atoms with E-state index < -0.39 is 0 Å². The van der Waals surface area contributed by atoms with Crippen LogP contribution in [-0.2, 0) is 0 Å². The highest BCUT2D eigenvalue weighted by Gasteiger charge is 2.24. The second-order valence-corrected chi connectivity index (χ2v) is 5.60. The van der Waals surface area contributed by atoms with Gasteiger partial charge in [-0.2, -0.15) is 0 Å². The summed E-state index contributed by atoms with van der Waals surface area (Å²) in [5.41, 5.74) is 7.40. The largest absolute Gasteiger partial charge is 0.326 e. The van der Waals surface area contributed by atoms with Crippen molar-refractivity contribution in [3.63, 3.8) is 0 Å². The minimum Gasteiger partial charge on any atom is -0.326 e. The Bertz CT molecular complexity index is 348. The molecule has 0 aliphatic heterocycles. The molecule has 18 heavy (non-hydrogen) atoms. The lowest BCUT2D eigenvalue weighted by molar-refractivity contribution is 0.157. The zero-order valence-corrected chi connectivity index (χ0v) is 12.6. The van der Waals surface area contributed by atoms with Crippen LogP contribution in [0.3, 0.4) is 0 Å². The molecule has 0 amide bonds. The van der Waals surface area contributed by atoms with E-state index in [-0.39, 0.29) is 12.1 Å². The second kappa shape index (κ2) is 7.13. The number of hydrogen-bond acceptors (Lipinski definition) is 2. The van der Waals surface area contributed by atoms with E-state index in [0.717, 1.165) is 5.02 Å². The van der Waals surface area contributed by atoms with Crippen LogP contribution in [0, 0.1) is 0 Å². The highest BCUT2D eigenvalue weighted by Crippen LogP contribution is 2.26. The summed E-state index contributed by atoms with van der Waals surface area (Å²) in [6.07, 6.45) is 2.38. The van der Waals surface area contributed by atoms with Crippen molar-refractivity contribution in [2.75, 3.05) is 7.05 Å². The fraction of sp³-hybridized carbons (Fsp3) is 0.600.